The molecule has 1 saturated carbocycles. The fourth-order valence-electron chi connectivity index (χ4n) is 3.17. The zero-order valence-electron chi connectivity index (χ0n) is 12.7. The van der Waals surface area contributed by atoms with Gasteiger partial charge in [-0.2, -0.15) is 0 Å². The Kier molecular flexibility index (Phi) is 4.13. The van der Waals surface area contributed by atoms with E-state index in [2.05, 4.69) is 16.0 Å². The van der Waals surface area contributed by atoms with E-state index in [9.17, 15) is 9.59 Å². The lowest BCUT2D eigenvalue weighted by molar-refractivity contribution is -0.114. The van der Waals surface area contributed by atoms with Crippen molar-refractivity contribution in [2.75, 3.05) is 5.32 Å². The zero-order valence-corrected chi connectivity index (χ0v) is 12.7. The molecular formula is C17H21N3O2. The molecule has 1 aromatic rings. The highest BCUT2D eigenvalue weighted by Crippen LogP contribution is 2.24. The number of hydrogen-bond acceptors (Lipinski definition) is 4. The van der Waals surface area contributed by atoms with Crippen molar-refractivity contribution in [1.82, 2.24) is 10.6 Å². The average Bonchev–Trinajstić information content (AvgIpc) is 2.89. The average molecular weight is 299 g/mol. The molecule has 3 N–H and O–H groups in total. The Balaban J connectivity index is 1.71. The molecule has 2 aliphatic rings. The first-order chi connectivity index (χ1) is 10.6. The smallest absolute Gasteiger partial charge is 0.221 e. The van der Waals surface area contributed by atoms with Gasteiger partial charge in [0, 0.05) is 36.3 Å². The number of benzene rings is 1. The molecule has 5 heteroatoms. The van der Waals surface area contributed by atoms with Gasteiger partial charge in [-0.05, 0) is 25.0 Å². The Morgan fingerprint density at radius 2 is 1.86 bits per heavy atom. The van der Waals surface area contributed by atoms with Crippen molar-refractivity contribution in [3.8, 4) is 0 Å². The van der Waals surface area contributed by atoms with Crippen LogP contribution in [0.2, 0.25) is 0 Å². The number of carbonyl (C=O) groups is 2. The summed E-state index contributed by atoms with van der Waals surface area (Å²) in [6.45, 7) is 1.45. The van der Waals surface area contributed by atoms with E-state index >= 15 is 0 Å². The number of rotatable bonds is 3. The zero-order chi connectivity index (χ0) is 15.5. The minimum Gasteiger partial charge on any atom is -0.367 e. The van der Waals surface area contributed by atoms with Crippen molar-refractivity contribution in [2.24, 2.45) is 0 Å². The molecule has 116 valence electrons. The van der Waals surface area contributed by atoms with Crippen LogP contribution < -0.4 is 16.0 Å². The third-order valence-corrected chi connectivity index (χ3v) is 4.19. The van der Waals surface area contributed by atoms with E-state index in [-0.39, 0.29) is 11.7 Å². The van der Waals surface area contributed by atoms with Gasteiger partial charge in [0.25, 0.3) is 0 Å². The van der Waals surface area contributed by atoms with Crippen LogP contribution in [-0.2, 0) is 4.79 Å². The molecule has 2 fully saturated rings. The van der Waals surface area contributed by atoms with Crippen molar-refractivity contribution < 1.29 is 9.59 Å². The molecule has 1 saturated heterocycles. The summed E-state index contributed by atoms with van der Waals surface area (Å²) in [5, 5.41) is 9.49. The van der Waals surface area contributed by atoms with Crippen LogP contribution in [0.1, 0.15) is 43.0 Å². The van der Waals surface area contributed by atoms with Gasteiger partial charge in [-0.1, -0.05) is 25.0 Å². The van der Waals surface area contributed by atoms with Crippen molar-refractivity contribution in [3.63, 3.8) is 0 Å². The fourth-order valence-corrected chi connectivity index (χ4v) is 3.17. The number of allylic oxidation sites excluding steroid dienone is 1. The van der Waals surface area contributed by atoms with Crippen molar-refractivity contribution in [2.45, 2.75) is 44.7 Å². The molecule has 22 heavy (non-hydrogen) atoms. The molecule has 0 radical (unpaired) electrons. The molecule has 0 aromatic heterocycles. The molecule has 0 unspecified atom stereocenters. The van der Waals surface area contributed by atoms with Gasteiger partial charge < -0.3 is 16.0 Å². The number of fused-ring (bicyclic) bond motifs is 1. The van der Waals surface area contributed by atoms with E-state index in [4.69, 9.17) is 0 Å². The fraction of sp³-hybridized carbons (Fsp3) is 0.412. The molecule has 5 nitrogen and oxygen atoms in total. The lowest BCUT2D eigenvalue weighted by Gasteiger charge is -2.23. The summed E-state index contributed by atoms with van der Waals surface area (Å²) >= 11 is 0. The van der Waals surface area contributed by atoms with Crippen LogP contribution in [0.15, 0.2) is 36.2 Å². The van der Waals surface area contributed by atoms with Crippen LogP contribution in [0.3, 0.4) is 0 Å². The quantitative estimate of drug-likeness (QED) is 0.591. The summed E-state index contributed by atoms with van der Waals surface area (Å²) in [5.74, 6) is 0.596. The Hall–Kier alpha value is -2.30. The molecule has 0 spiro atoms. The van der Waals surface area contributed by atoms with Gasteiger partial charge in [-0.3, -0.25) is 9.59 Å². The minimum absolute atomic E-state index is 0.0687. The van der Waals surface area contributed by atoms with Crippen LogP contribution in [0.4, 0.5) is 5.69 Å². The van der Waals surface area contributed by atoms with E-state index in [0.29, 0.717) is 23.3 Å². The van der Waals surface area contributed by atoms with E-state index in [1.54, 1.807) is 30.3 Å². The van der Waals surface area contributed by atoms with Crippen LogP contribution >= 0.6 is 0 Å². The van der Waals surface area contributed by atoms with Gasteiger partial charge in [0.1, 0.15) is 5.82 Å². The second kappa shape index (κ2) is 6.22. The molecule has 3 rings (SSSR count). The van der Waals surface area contributed by atoms with Crippen molar-refractivity contribution in [3.05, 3.63) is 41.7 Å². The molecular weight excluding hydrogens is 278 g/mol. The Morgan fingerprint density at radius 1 is 1.18 bits per heavy atom. The topological polar surface area (TPSA) is 70.2 Å². The maximum Gasteiger partial charge on any atom is 0.221 e. The maximum atomic E-state index is 12.4. The predicted molar refractivity (Wildman–Crippen MR) is 85.5 cm³/mol. The van der Waals surface area contributed by atoms with E-state index in [1.165, 1.54) is 19.8 Å². The summed E-state index contributed by atoms with van der Waals surface area (Å²) in [5.41, 5.74) is 1.20. The predicted octanol–water partition coefficient (Wildman–Crippen LogP) is 2.17. The van der Waals surface area contributed by atoms with E-state index in [0.717, 1.165) is 18.7 Å². The van der Waals surface area contributed by atoms with Gasteiger partial charge in [0.05, 0.1) is 0 Å². The Morgan fingerprint density at radius 3 is 2.50 bits per heavy atom. The van der Waals surface area contributed by atoms with Crippen LogP contribution in [0, 0.1) is 0 Å². The molecule has 1 heterocycles. The standard InChI is InChI=1S/C17H21N3O2/c1-11(21)18-13-6-4-5-12(9-13)16(22)10-17-19-14-7-2-3-8-15(14)20-17/h4-6,9-10,14-15,19-20H,2-3,7-8H2,1H3,(H,18,21)/t14-,15-/m1/s1. The third kappa shape index (κ3) is 3.30. The van der Waals surface area contributed by atoms with Gasteiger partial charge in [0.15, 0.2) is 5.78 Å². The largest absolute Gasteiger partial charge is 0.367 e. The molecule has 1 aliphatic carbocycles. The highest BCUT2D eigenvalue weighted by atomic mass is 16.1. The number of nitrogens with one attached hydrogen (secondary N) is 3. The minimum atomic E-state index is -0.147. The summed E-state index contributed by atoms with van der Waals surface area (Å²) in [6, 6.07) is 7.88. The highest BCUT2D eigenvalue weighted by molar-refractivity contribution is 6.05. The molecule has 1 amide bonds. The third-order valence-electron chi connectivity index (χ3n) is 4.19. The number of amides is 1. The van der Waals surface area contributed by atoms with Gasteiger partial charge >= 0.3 is 0 Å². The molecule has 2 atom stereocenters. The first-order valence-corrected chi connectivity index (χ1v) is 7.78. The molecule has 1 aromatic carbocycles. The Labute approximate surface area is 130 Å². The second-order valence-corrected chi connectivity index (χ2v) is 5.97. The summed E-state index contributed by atoms with van der Waals surface area (Å²) in [7, 11) is 0. The van der Waals surface area contributed by atoms with E-state index in [1.807, 2.05) is 0 Å². The van der Waals surface area contributed by atoms with Gasteiger partial charge in [-0.15, -0.1) is 0 Å². The second-order valence-electron chi connectivity index (χ2n) is 5.97. The van der Waals surface area contributed by atoms with Crippen LogP contribution in [-0.4, -0.2) is 23.8 Å². The summed E-state index contributed by atoms with van der Waals surface area (Å²) in [6.07, 6.45) is 6.42. The lowest BCUT2D eigenvalue weighted by atomic mass is 9.92. The first-order valence-electron chi connectivity index (χ1n) is 7.78. The van der Waals surface area contributed by atoms with E-state index < -0.39 is 0 Å². The highest BCUT2D eigenvalue weighted by Gasteiger charge is 2.31. The molecule has 0 bridgehead atoms. The van der Waals surface area contributed by atoms with Gasteiger partial charge in [-0.25, -0.2) is 0 Å². The van der Waals surface area contributed by atoms with Gasteiger partial charge in [0.2, 0.25) is 5.91 Å². The van der Waals surface area contributed by atoms with Crippen LogP contribution in [0.25, 0.3) is 0 Å². The normalized spacial score (nSPS) is 23.0. The Bertz CT molecular complexity index is 608. The number of anilines is 1. The summed E-state index contributed by atoms with van der Waals surface area (Å²) in [4.78, 5) is 23.5. The van der Waals surface area contributed by atoms with Crippen molar-refractivity contribution in [1.29, 1.82) is 0 Å². The molecule has 1 aliphatic heterocycles. The number of hydrogen-bond donors (Lipinski definition) is 3. The van der Waals surface area contributed by atoms with Crippen LogP contribution in [0.5, 0.6) is 0 Å². The maximum absolute atomic E-state index is 12.4. The first kappa shape index (κ1) is 14.6. The number of ketones is 1. The lowest BCUT2D eigenvalue weighted by Crippen LogP contribution is -2.36. The monoisotopic (exact) mass is 299 g/mol. The SMILES string of the molecule is CC(=O)Nc1cccc(C(=O)C=C2N[C@@H]3CCCC[C@H]3N2)c1. The summed E-state index contributed by atoms with van der Waals surface area (Å²) < 4.78 is 0. The number of carbonyl (C=O) groups excluding carboxylic acids is 2. The van der Waals surface area contributed by atoms with Crippen molar-refractivity contribution >= 4 is 17.4 Å².